The number of hydrogen-bond donors (Lipinski definition) is 2. The molecule has 2 aromatic rings. The highest BCUT2D eigenvalue weighted by atomic mass is 35.5. The van der Waals surface area contributed by atoms with Crippen LogP contribution in [0.1, 0.15) is 15.9 Å². The molecule has 0 heterocycles. The summed E-state index contributed by atoms with van der Waals surface area (Å²) < 4.78 is 0. The fourth-order valence-corrected chi connectivity index (χ4v) is 2.13. The van der Waals surface area contributed by atoms with E-state index in [4.69, 9.17) is 17.3 Å². The summed E-state index contributed by atoms with van der Waals surface area (Å²) in [5, 5.41) is 3.70. The summed E-state index contributed by atoms with van der Waals surface area (Å²) in [6.45, 7) is 0.587. The van der Waals surface area contributed by atoms with Gasteiger partial charge in [0.1, 0.15) is 0 Å². The molecule has 1 amide bonds. The molecule has 110 valence electrons. The number of halogens is 1. The number of rotatable bonds is 4. The highest BCUT2D eigenvalue weighted by Gasteiger charge is 2.13. The number of nitrogen functional groups attached to an aromatic ring is 1. The zero-order chi connectivity index (χ0) is 15.4. The fourth-order valence-electron chi connectivity index (χ4n) is 1.93. The Morgan fingerprint density at radius 3 is 2.62 bits per heavy atom. The summed E-state index contributed by atoms with van der Waals surface area (Å²) in [6.07, 6.45) is 0. The number of nitrogens with zero attached hydrogens (tertiary/aromatic N) is 1. The molecule has 0 aliphatic carbocycles. The summed E-state index contributed by atoms with van der Waals surface area (Å²) in [4.78, 5) is 13.5. The maximum atomic E-state index is 12.0. The lowest BCUT2D eigenvalue weighted by Crippen LogP contribution is -2.22. The van der Waals surface area contributed by atoms with Gasteiger partial charge in [-0.2, -0.15) is 0 Å². The van der Waals surface area contributed by atoms with E-state index in [1.165, 1.54) is 4.90 Å². The molecular formula is C16H18ClN3O. The quantitative estimate of drug-likeness (QED) is 0.853. The van der Waals surface area contributed by atoms with Gasteiger partial charge in [-0.15, -0.1) is 0 Å². The highest BCUT2D eigenvalue weighted by molar-refractivity contribution is 6.34. The molecule has 2 rings (SSSR count). The van der Waals surface area contributed by atoms with Crippen molar-refractivity contribution in [1.82, 2.24) is 4.90 Å². The summed E-state index contributed by atoms with van der Waals surface area (Å²) in [6, 6.07) is 13.0. The number of carbonyl (C=O) groups excluding carboxylic acids is 1. The molecule has 0 aliphatic heterocycles. The van der Waals surface area contributed by atoms with Crippen molar-refractivity contribution < 1.29 is 4.79 Å². The number of carbonyl (C=O) groups is 1. The van der Waals surface area contributed by atoms with Crippen molar-refractivity contribution in [3.63, 3.8) is 0 Å². The van der Waals surface area contributed by atoms with Gasteiger partial charge in [-0.1, -0.05) is 29.8 Å². The number of nitrogens with one attached hydrogen (secondary N) is 1. The Hall–Kier alpha value is -2.20. The second-order valence-electron chi connectivity index (χ2n) is 4.95. The molecule has 0 spiro atoms. The molecule has 0 aromatic heterocycles. The van der Waals surface area contributed by atoms with Crippen LogP contribution in [0.15, 0.2) is 42.5 Å². The normalized spacial score (nSPS) is 10.2. The van der Waals surface area contributed by atoms with Crippen LogP contribution in [0.25, 0.3) is 0 Å². The standard InChI is InChI=1S/C16H18ClN3O/c1-20(2)16(21)13-9-12(7-8-14(13)17)19-10-11-5-3-4-6-15(11)18/h3-9,19H,10,18H2,1-2H3. The molecule has 4 nitrogen and oxygen atoms in total. The summed E-state index contributed by atoms with van der Waals surface area (Å²) in [5.41, 5.74) is 8.96. The smallest absolute Gasteiger partial charge is 0.254 e. The predicted molar refractivity (Wildman–Crippen MR) is 87.7 cm³/mol. The monoisotopic (exact) mass is 303 g/mol. The van der Waals surface area contributed by atoms with Gasteiger partial charge in [0.2, 0.25) is 0 Å². The zero-order valence-electron chi connectivity index (χ0n) is 12.1. The van der Waals surface area contributed by atoms with E-state index < -0.39 is 0 Å². The van der Waals surface area contributed by atoms with Crippen LogP contribution < -0.4 is 11.1 Å². The molecule has 2 aromatic carbocycles. The number of benzene rings is 2. The molecule has 0 atom stereocenters. The van der Waals surface area contributed by atoms with Crippen molar-refractivity contribution in [2.45, 2.75) is 6.54 Å². The van der Waals surface area contributed by atoms with Gasteiger partial charge >= 0.3 is 0 Å². The minimum atomic E-state index is -0.122. The van der Waals surface area contributed by atoms with Crippen molar-refractivity contribution in [3.8, 4) is 0 Å². The molecule has 0 bridgehead atoms. The minimum absolute atomic E-state index is 0.122. The molecule has 0 saturated heterocycles. The number of nitrogens with two attached hydrogens (primary N) is 1. The number of amides is 1. The minimum Gasteiger partial charge on any atom is -0.398 e. The fraction of sp³-hybridized carbons (Fsp3) is 0.188. The first kappa shape index (κ1) is 15.2. The molecule has 0 radical (unpaired) electrons. The average molecular weight is 304 g/mol. The van der Waals surface area contributed by atoms with Crippen LogP contribution in [-0.4, -0.2) is 24.9 Å². The van der Waals surface area contributed by atoms with E-state index >= 15 is 0 Å². The second-order valence-corrected chi connectivity index (χ2v) is 5.35. The molecule has 3 N–H and O–H groups in total. The topological polar surface area (TPSA) is 58.4 Å². The van der Waals surface area contributed by atoms with E-state index in [-0.39, 0.29) is 5.91 Å². The van der Waals surface area contributed by atoms with Gasteiger partial charge in [0.05, 0.1) is 10.6 Å². The molecule has 0 unspecified atom stereocenters. The van der Waals surface area contributed by atoms with E-state index in [1.807, 2.05) is 30.3 Å². The van der Waals surface area contributed by atoms with Crippen LogP contribution in [0.2, 0.25) is 5.02 Å². The van der Waals surface area contributed by atoms with Gasteiger partial charge in [-0.05, 0) is 29.8 Å². The molecule has 0 aliphatic rings. The van der Waals surface area contributed by atoms with Crippen LogP contribution in [0.4, 0.5) is 11.4 Å². The third-order valence-electron chi connectivity index (χ3n) is 3.14. The zero-order valence-corrected chi connectivity index (χ0v) is 12.8. The molecular weight excluding hydrogens is 286 g/mol. The number of hydrogen-bond acceptors (Lipinski definition) is 3. The molecule has 0 fully saturated rings. The average Bonchev–Trinajstić information content (AvgIpc) is 2.47. The summed E-state index contributed by atoms with van der Waals surface area (Å²) in [5.74, 6) is -0.122. The predicted octanol–water partition coefficient (Wildman–Crippen LogP) is 3.24. The Balaban J connectivity index is 2.16. The van der Waals surface area contributed by atoms with Crippen molar-refractivity contribution in [2.75, 3.05) is 25.1 Å². The second kappa shape index (κ2) is 6.50. The SMILES string of the molecule is CN(C)C(=O)c1cc(NCc2ccccc2N)ccc1Cl. The lowest BCUT2D eigenvalue weighted by atomic mass is 10.1. The number of para-hydroxylation sites is 1. The highest BCUT2D eigenvalue weighted by Crippen LogP contribution is 2.22. The molecule has 0 saturated carbocycles. The first-order valence-corrected chi connectivity index (χ1v) is 6.95. The van der Waals surface area contributed by atoms with Crippen molar-refractivity contribution >= 4 is 28.9 Å². The van der Waals surface area contributed by atoms with E-state index in [0.717, 1.165) is 16.9 Å². The molecule has 5 heteroatoms. The van der Waals surface area contributed by atoms with Crippen LogP contribution in [0, 0.1) is 0 Å². The largest absolute Gasteiger partial charge is 0.398 e. The van der Waals surface area contributed by atoms with E-state index in [1.54, 1.807) is 26.2 Å². The van der Waals surface area contributed by atoms with Gasteiger partial charge in [-0.3, -0.25) is 4.79 Å². The van der Waals surface area contributed by atoms with E-state index in [9.17, 15) is 4.79 Å². The third-order valence-corrected chi connectivity index (χ3v) is 3.47. The maximum absolute atomic E-state index is 12.0. The lowest BCUT2D eigenvalue weighted by molar-refractivity contribution is 0.0828. The van der Waals surface area contributed by atoms with Gasteiger partial charge in [-0.25, -0.2) is 0 Å². The van der Waals surface area contributed by atoms with Crippen LogP contribution in [-0.2, 0) is 6.54 Å². The Bertz CT molecular complexity index is 656. The summed E-state index contributed by atoms with van der Waals surface area (Å²) in [7, 11) is 3.40. The van der Waals surface area contributed by atoms with Crippen LogP contribution in [0.3, 0.4) is 0 Å². The van der Waals surface area contributed by atoms with Gasteiger partial charge < -0.3 is 16.0 Å². The van der Waals surface area contributed by atoms with Crippen molar-refractivity contribution in [3.05, 3.63) is 58.6 Å². The first-order chi connectivity index (χ1) is 9.99. The van der Waals surface area contributed by atoms with Crippen molar-refractivity contribution in [2.24, 2.45) is 0 Å². The first-order valence-electron chi connectivity index (χ1n) is 6.57. The van der Waals surface area contributed by atoms with Crippen LogP contribution >= 0.6 is 11.6 Å². The van der Waals surface area contributed by atoms with E-state index in [0.29, 0.717) is 17.1 Å². The Kier molecular flexibility index (Phi) is 4.70. The Morgan fingerprint density at radius 1 is 1.24 bits per heavy atom. The van der Waals surface area contributed by atoms with Gasteiger partial charge in [0.15, 0.2) is 0 Å². The summed E-state index contributed by atoms with van der Waals surface area (Å²) >= 11 is 6.08. The Labute approximate surface area is 129 Å². The Morgan fingerprint density at radius 2 is 1.95 bits per heavy atom. The molecule has 21 heavy (non-hydrogen) atoms. The third kappa shape index (κ3) is 3.67. The maximum Gasteiger partial charge on any atom is 0.254 e. The van der Waals surface area contributed by atoms with Crippen molar-refractivity contribution in [1.29, 1.82) is 0 Å². The van der Waals surface area contributed by atoms with Gasteiger partial charge in [0, 0.05) is 32.0 Å². The number of anilines is 2. The van der Waals surface area contributed by atoms with E-state index in [2.05, 4.69) is 5.32 Å². The van der Waals surface area contributed by atoms with Crippen LogP contribution in [0.5, 0.6) is 0 Å². The van der Waals surface area contributed by atoms with Gasteiger partial charge in [0.25, 0.3) is 5.91 Å². The lowest BCUT2D eigenvalue weighted by Gasteiger charge is -2.14.